The van der Waals surface area contributed by atoms with Gasteiger partial charge in [-0.2, -0.15) is 0 Å². The Hall–Kier alpha value is -2.54. The van der Waals surface area contributed by atoms with Crippen molar-refractivity contribution in [3.63, 3.8) is 0 Å². The molecule has 6 nitrogen and oxygen atoms in total. The summed E-state index contributed by atoms with van der Waals surface area (Å²) in [6, 6.07) is 8.12. The third-order valence-corrected chi connectivity index (χ3v) is 5.59. The first-order chi connectivity index (χ1) is 12.4. The van der Waals surface area contributed by atoms with Crippen LogP contribution in [0.3, 0.4) is 0 Å². The highest BCUT2D eigenvalue weighted by atomic mass is 32.1. The van der Waals surface area contributed by atoms with E-state index in [0.717, 1.165) is 17.8 Å². The molecule has 0 radical (unpaired) electrons. The van der Waals surface area contributed by atoms with Gasteiger partial charge in [0.1, 0.15) is 0 Å². The van der Waals surface area contributed by atoms with E-state index in [1.807, 2.05) is 18.2 Å². The number of rotatable bonds is 5. The number of carbonyl (C=O) groups excluding carboxylic acids is 3. The van der Waals surface area contributed by atoms with E-state index in [0.29, 0.717) is 28.8 Å². The Labute approximate surface area is 156 Å². The van der Waals surface area contributed by atoms with Crippen molar-refractivity contribution in [2.75, 3.05) is 11.9 Å². The lowest BCUT2D eigenvalue weighted by molar-refractivity contribution is -0.133. The van der Waals surface area contributed by atoms with E-state index >= 15 is 0 Å². The minimum atomic E-state index is -0.264. The standard InChI is InChI=1S/C19H21N3O3S/c1-12-18(13(2)23)26-19(20-12)21-16(24)7-8-17(25)22-10-9-14-5-3-4-6-15(14)11-22/h3-6H,7-11H2,1-2H3,(H,20,21,24). The number of aromatic nitrogens is 1. The summed E-state index contributed by atoms with van der Waals surface area (Å²) < 4.78 is 0. The van der Waals surface area contributed by atoms with Gasteiger partial charge >= 0.3 is 0 Å². The minimum absolute atomic E-state index is 0.0191. The number of aryl methyl sites for hydroxylation is 1. The van der Waals surface area contributed by atoms with Gasteiger partial charge in [-0.3, -0.25) is 14.4 Å². The van der Waals surface area contributed by atoms with Gasteiger partial charge in [0.25, 0.3) is 0 Å². The molecule has 0 fully saturated rings. The maximum absolute atomic E-state index is 12.4. The molecule has 2 heterocycles. The van der Waals surface area contributed by atoms with Crippen LogP contribution >= 0.6 is 11.3 Å². The number of carbonyl (C=O) groups is 3. The molecule has 2 amide bonds. The number of Topliss-reactive ketones (excluding diaryl/α,β-unsaturated/α-hetero) is 1. The number of hydrogen-bond donors (Lipinski definition) is 1. The lowest BCUT2D eigenvalue weighted by atomic mass is 9.99. The first-order valence-corrected chi connectivity index (χ1v) is 9.38. The lowest BCUT2D eigenvalue weighted by Crippen LogP contribution is -2.36. The highest BCUT2D eigenvalue weighted by Gasteiger charge is 2.21. The SMILES string of the molecule is CC(=O)c1sc(NC(=O)CCC(=O)N2CCc3ccccc3C2)nc1C. The van der Waals surface area contributed by atoms with Crippen LogP contribution in [0.1, 0.15) is 46.3 Å². The molecule has 0 atom stereocenters. The van der Waals surface area contributed by atoms with E-state index in [4.69, 9.17) is 0 Å². The van der Waals surface area contributed by atoms with E-state index in [1.54, 1.807) is 11.8 Å². The van der Waals surface area contributed by atoms with Gasteiger partial charge < -0.3 is 10.2 Å². The topological polar surface area (TPSA) is 79.4 Å². The number of thiazole rings is 1. The van der Waals surface area contributed by atoms with E-state index in [2.05, 4.69) is 16.4 Å². The van der Waals surface area contributed by atoms with Crippen LogP contribution in [0.2, 0.25) is 0 Å². The average Bonchev–Trinajstić information content (AvgIpc) is 2.99. The van der Waals surface area contributed by atoms with Crippen LogP contribution in [0.4, 0.5) is 5.13 Å². The zero-order valence-electron chi connectivity index (χ0n) is 14.9. The second-order valence-electron chi connectivity index (χ2n) is 6.37. The fraction of sp³-hybridized carbons (Fsp3) is 0.368. The minimum Gasteiger partial charge on any atom is -0.338 e. The Morgan fingerprint density at radius 3 is 2.62 bits per heavy atom. The first-order valence-electron chi connectivity index (χ1n) is 8.57. The molecule has 0 unspecified atom stereocenters. The van der Waals surface area contributed by atoms with Crippen LogP contribution in [0.5, 0.6) is 0 Å². The third kappa shape index (κ3) is 4.16. The van der Waals surface area contributed by atoms with Crippen LogP contribution in [0, 0.1) is 6.92 Å². The maximum Gasteiger partial charge on any atom is 0.226 e. The summed E-state index contributed by atoms with van der Waals surface area (Å²) in [7, 11) is 0. The summed E-state index contributed by atoms with van der Waals surface area (Å²) in [5.74, 6) is -0.352. The van der Waals surface area contributed by atoms with E-state index < -0.39 is 0 Å². The van der Waals surface area contributed by atoms with Crippen molar-refractivity contribution in [3.8, 4) is 0 Å². The van der Waals surface area contributed by atoms with Crippen LogP contribution < -0.4 is 5.32 Å². The van der Waals surface area contributed by atoms with Gasteiger partial charge in [0.05, 0.1) is 10.6 Å². The highest BCUT2D eigenvalue weighted by molar-refractivity contribution is 7.17. The number of amides is 2. The van der Waals surface area contributed by atoms with Crippen molar-refractivity contribution in [1.82, 2.24) is 9.88 Å². The Balaban J connectivity index is 1.51. The molecule has 0 bridgehead atoms. The molecule has 0 spiro atoms. The fourth-order valence-electron chi connectivity index (χ4n) is 3.05. The number of anilines is 1. The monoisotopic (exact) mass is 371 g/mol. The van der Waals surface area contributed by atoms with Gasteiger partial charge in [-0.15, -0.1) is 0 Å². The molecule has 0 saturated heterocycles. The Morgan fingerprint density at radius 1 is 1.19 bits per heavy atom. The molecular formula is C19H21N3O3S. The Morgan fingerprint density at radius 2 is 1.92 bits per heavy atom. The Kier molecular flexibility index (Phi) is 5.46. The fourth-order valence-corrected chi connectivity index (χ4v) is 3.92. The normalized spacial score (nSPS) is 13.2. The summed E-state index contributed by atoms with van der Waals surface area (Å²) in [4.78, 5) is 42.5. The molecule has 1 N–H and O–H groups in total. The average molecular weight is 371 g/mol. The van der Waals surface area contributed by atoms with Crippen LogP contribution in [0.25, 0.3) is 0 Å². The molecule has 2 aromatic rings. The molecule has 7 heteroatoms. The summed E-state index contributed by atoms with van der Waals surface area (Å²) in [6.45, 7) is 4.50. The third-order valence-electron chi connectivity index (χ3n) is 4.41. The van der Waals surface area contributed by atoms with Gasteiger partial charge in [0, 0.05) is 32.9 Å². The number of benzene rings is 1. The summed E-state index contributed by atoms with van der Waals surface area (Å²) in [5, 5.41) is 3.08. The smallest absolute Gasteiger partial charge is 0.226 e. The predicted octanol–water partition coefficient (Wildman–Crippen LogP) is 2.96. The van der Waals surface area contributed by atoms with E-state index in [1.165, 1.54) is 18.1 Å². The van der Waals surface area contributed by atoms with Gasteiger partial charge in [0.15, 0.2) is 10.9 Å². The molecule has 3 rings (SSSR count). The van der Waals surface area contributed by atoms with Crippen molar-refractivity contribution in [1.29, 1.82) is 0 Å². The lowest BCUT2D eigenvalue weighted by Gasteiger charge is -2.28. The van der Waals surface area contributed by atoms with E-state index in [-0.39, 0.29) is 30.4 Å². The molecule has 0 aliphatic carbocycles. The van der Waals surface area contributed by atoms with Gasteiger partial charge in [-0.05, 0) is 24.5 Å². The number of ketones is 1. The molecule has 1 aliphatic heterocycles. The van der Waals surface area contributed by atoms with Crippen molar-refractivity contribution in [3.05, 3.63) is 46.0 Å². The molecule has 1 aliphatic rings. The first kappa shape index (κ1) is 18.3. The van der Waals surface area contributed by atoms with Crippen LogP contribution in [-0.4, -0.2) is 34.0 Å². The zero-order chi connectivity index (χ0) is 18.7. The number of nitrogens with zero attached hydrogens (tertiary/aromatic N) is 2. The molecule has 136 valence electrons. The van der Waals surface area contributed by atoms with Crippen molar-refractivity contribution < 1.29 is 14.4 Å². The van der Waals surface area contributed by atoms with Gasteiger partial charge in [-0.25, -0.2) is 4.98 Å². The summed E-state index contributed by atoms with van der Waals surface area (Å²) >= 11 is 1.16. The second-order valence-corrected chi connectivity index (χ2v) is 7.37. The molecule has 1 aromatic heterocycles. The molecular weight excluding hydrogens is 350 g/mol. The van der Waals surface area contributed by atoms with Crippen molar-refractivity contribution in [2.45, 2.75) is 39.7 Å². The van der Waals surface area contributed by atoms with E-state index in [9.17, 15) is 14.4 Å². The highest BCUT2D eigenvalue weighted by Crippen LogP contribution is 2.23. The predicted molar refractivity (Wildman–Crippen MR) is 100 cm³/mol. The quantitative estimate of drug-likeness (QED) is 0.820. The largest absolute Gasteiger partial charge is 0.338 e. The number of nitrogens with one attached hydrogen (secondary N) is 1. The summed E-state index contributed by atoms with van der Waals surface area (Å²) in [5.41, 5.74) is 3.07. The van der Waals surface area contributed by atoms with Crippen molar-refractivity contribution >= 4 is 34.1 Å². The van der Waals surface area contributed by atoms with Crippen molar-refractivity contribution in [2.24, 2.45) is 0 Å². The molecule has 0 saturated carbocycles. The number of fused-ring (bicyclic) bond motifs is 1. The zero-order valence-corrected chi connectivity index (χ0v) is 15.7. The number of hydrogen-bond acceptors (Lipinski definition) is 5. The van der Waals surface area contributed by atoms with Gasteiger partial charge in [-0.1, -0.05) is 35.6 Å². The maximum atomic E-state index is 12.4. The van der Waals surface area contributed by atoms with Crippen LogP contribution in [0.15, 0.2) is 24.3 Å². The van der Waals surface area contributed by atoms with Gasteiger partial charge in [0.2, 0.25) is 11.8 Å². The Bertz CT molecular complexity index is 859. The second kappa shape index (κ2) is 7.78. The molecule has 26 heavy (non-hydrogen) atoms. The molecule has 1 aromatic carbocycles. The summed E-state index contributed by atoms with van der Waals surface area (Å²) in [6.07, 6.45) is 1.11. The van der Waals surface area contributed by atoms with Crippen LogP contribution in [-0.2, 0) is 22.6 Å².